The lowest BCUT2D eigenvalue weighted by atomic mass is 10.1. The van der Waals surface area contributed by atoms with Crippen LogP contribution in [0.2, 0.25) is 5.02 Å². The molecular weight excluding hydrogens is 372 g/mol. The minimum absolute atomic E-state index is 0.0622. The number of aromatic hydroxyl groups is 1. The van der Waals surface area contributed by atoms with Crippen LogP contribution in [0.4, 0.5) is 5.00 Å². The van der Waals surface area contributed by atoms with E-state index in [0.717, 1.165) is 5.56 Å². The number of amides is 2. The number of hydrogen-bond acceptors (Lipinski definition) is 4. The van der Waals surface area contributed by atoms with Crippen molar-refractivity contribution in [2.75, 3.05) is 11.9 Å². The van der Waals surface area contributed by atoms with Gasteiger partial charge >= 0.3 is 0 Å². The molecular formula is C19H17ClN2O3S. The minimum atomic E-state index is -0.313. The van der Waals surface area contributed by atoms with E-state index in [2.05, 4.69) is 5.32 Å². The summed E-state index contributed by atoms with van der Waals surface area (Å²) < 4.78 is 0.569. The van der Waals surface area contributed by atoms with E-state index in [0.29, 0.717) is 27.2 Å². The molecule has 0 radical (unpaired) electrons. The molecule has 3 aromatic rings. The van der Waals surface area contributed by atoms with Gasteiger partial charge in [0.15, 0.2) is 0 Å². The molecule has 26 heavy (non-hydrogen) atoms. The second kappa shape index (κ2) is 7.35. The summed E-state index contributed by atoms with van der Waals surface area (Å²) >= 11 is 7.45. The molecule has 1 aromatic heterocycles. The Morgan fingerprint density at radius 2 is 1.88 bits per heavy atom. The molecule has 1 heterocycles. The summed E-state index contributed by atoms with van der Waals surface area (Å²) in [5.41, 5.74) is 1.32. The fourth-order valence-electron chi connectivity index (χ4n) is 2.73. The van der Waals surface area contributed by atoms with Crippen LogP contribution in [0.15, 0.2) is 42.5 Å². The topological polar surface area (TPSA) is 69.6 Å². The molecule has 0 saturated carbocycles. The minimum Gasteiger partial charge on any atom is -0.506 e. The third kappa shape index (κ3) is 3.25. The van der Waals surface area contributed by atoms with Gasteiger partial charge in [-0.15, -0.1) is 11.3 Å². The maximum atomic E-state index is 12.5. The molecule has 5 nitrogen and oxygen atoms in total. The first-order valence-corrected chi connectivity index (χ1v) is 9.11. The van der Waals surface area contributed by atoms with Gasteiger partial charge in [0.2, 0.25) is 5.91 Å². The molecule has 3 rings (SSSR count). The number of carbonyl (C=O) groups excluding carboxylic acids is 2. The smallest absolute Gasteiger partial charge is 0.254 e. The number of halogens is 1. The average Bonchev–Trinajstić information content (AvgIpc) is 3.02. The van der Waals surface area contributed by atoms with E-state index in [1.165, 1.54) is 31.4 Å². The van der Waals surface area contributed by atoms with Crippen LogP contribution in [0.5, 0.6) is 5.75 Å². The number of phenolic OH excluding ortho intramolecular Hbond substituents is 1. The van der Waals surface area contributed by atoms with Gasteiger partial charge in [0.1, 0.15) is 15.8 Å². The van der Waals surface area contributed by atoms with Crippen LogP contribution >= 0.6 is 22.9 Å². The molecule has 0 atom stereocenters. The summed E-state index contributed by atoms with van der Waals surface area (Å²) in [6.45, 7) is 1.79. The van der Waals surface area contributed by atoms with Crippen LogP contribution in [-0.2, 0) is 11.3 Å². The number of phenols is 1. The highest BCUT2D eigenvalue weighted by atomic mass is 35.5. The molecule has 2 amide bonds. The third-order valence-electron chi connectivity index (χ3n) is 4.02. The first-order valence-electron chi connectivity index (χ1n) is 7.92. The van der Waals surface area contributed by atoms with E-state index >= 15 is 0 Å². The number of rotatable bonds is 4. The molecule has 2 aromatic carbocycles. The third-order valence-corrected chi connectivity index (χ3v) is 5.76. The normalized spacial score (nSPS) is 10.7. The molecule has 0 aliphatic rings. The summed E-state index contributed by atoms with van der Waals surface area (Å²) in [7, 11) is 1.53. The van der Waals surface area contributed by atoms with Crippen molar-refractivity contribution in [2.45, 2.75) is 13.5 Å². The maximum absolute atomic E-state index is 12.5. The van der Waals surface area contributed by atoms with Gasteiger partial charge in [0, 0.05) is 19.4 Å². The lowest BCUT2D eigenvalue weighted by molar-refractivity contribution is -0.116. The lowest BCUT2D eigenvalue weighted by Gasteiger charge is -2.21. The van der Waals surface area contributed by atoms with Gasteiger partial charge in [-0.25, -0.2) is 0 Å². The van der Waals surface area contributed by atoms with Gasteiger partial charge in [-0.1, -0.05) is 41.9 Å². The van der Waals surface area contributed by atoms with Crippen LogP contribution in [0, 0.1) is 0 Å². The van der Waals surface area contributed by atoms with Crippen LogP contribution < -0.4 is 10.2 Å². The van der Waals surface area contributed by atoms with Gasteiger partial charge in [-0.05, 0) is 17.7 Å². The zero-order valence-electron chi connectivity index (χ0n) is 14.2. The summed E-state index contributed by atoms with van der Waals surface area (Å²) in [5, 5.41) is 13.8. The number of fused-ring (bicyclic) bond motifs is 1. The van der Waals surface area contributed by atoms with Gasteiger partial charge in [-0.3, -0.25) is 14.5 Å². The zero-order valence-corrected chi connectivity index (χ0v) is 15.8. The molecule has 0 unspecified atom stereocenters. The van der Waals surface area contributed by atoms with Crippen LogP contribution in [-0.4, -0.2) is 24.0 Å². The lowest BCUT2D eigenvalue weighted by Crippen LogP contribution is -2.29. The molecule has 0 saturated heterocycles. The summed E-state index contributed by atoms with van der Waals surface area (Å²) in [4.78, 5) is 26.4. The van der Waals surface area contributed by atoms with Crippen molar-refractivity contribution >= 4 is 49.8 Å². The summed E-state index contributed by atoms with van der Waals surface area (Å²) in [6, 6.07) is 12.6. The molecule has 0 aliphatic heterocycles. The number of thiophene rings is 1. The molecule has 7 heteroatoms. The molecule has 0 aliphatic carbocycles. The van der Waals surface area contributed by atoms with Gasteiger partial charge < -0.3 is 10.4 Å². The largest absolute Gasteiger partial charge is 0.506 e. The van der Waals surface area contributed by atoms with E-state index in [4.69, 9.17) is 11.6 Å². The Bertz CT molecular complexity index is 985. The van der Waals surface area contributed by atoms with Crippen molar-refractivity contribution in [3.8, 4) is 5.75 Å². The van der Waals surface area contributed by atoms with Crippen molar-refractivity contribution in [1.29, 1.82) is 0 Å². The van der Waals surface area contributed by atoms with E-state index in [1.807, 2.05) is 30.3 Å². The van der Waals surface area contributed by atoms with Crippen molar-refractivity contribution in [2.24, 2.45) is 0 Å². The summed E-state index contributed by atoms with van der Waals surface area (Å²) in [6.07, 6.45) is 0. The zero-order chi connectivity index (χ0) is 18.8. The van der Waals surface area contributed by atoms with Crippen LogP contribution in [0.3, 0.4) is 0 Å². The second-order valence-electron chi connectivity index (χ2n) is 5.73. The number of nitrogens with one attached hydrogen (secondary N) is 1. The number of anilines is 1. The molecule has 0 spiro atoms. The molecule has 0 bridgehead atoms. The van der Waals surface area contributed by atoms with Gasteiger partial charge in [0.05, 0.1) is 16.8 Å². The van der Waals surface area contributed by atoms with E-state index in [-0.39, 0.29) is 22.6 Å². The Morgan fingerprint density at radius 3 is 2.50 bits per heavy atom. The predicted octanol–water partition coefficient (Wildman–Crippen LogP) is 4.17. The number of carbonyl (C=O) groups is 2. The van der Waals surface area contributed by atoms with Gasteiger partial charge in [-0.2, -0.15) is 0 Å². The Labute approximate surface area is 159 Å². The number of benzene rings is 2. The highest BCUT2D eigenvalue weighted by Crippen LogP contribution is 2.44. The van der Waals surface area contributed by atoms with E-state index in [9.17, 15) is 14.7 Å². The Balaban J connectivity index is 2.21. The Morgan fingerprint density at radius 1 is 1.19 bits per heavy atom. The first kappa shape index (κ1) is 18.2. The molecule has 2 N–H and O–H groups in total. The Hall–Kier alpha value is -2.57. The molecule has 134 valence electrons. The van der Waals surface area contributed by atoms with Crippen LogP contribution in [0.25, 0.3) is 10.1 Å². The highest BCUT2D eigenvalue weighted by Gasteiger charge is 2.26. The van der Waals surface area contributed by atoms with E-state index < -0.39 is 0 Å². The van der Waals surface area contributed by atoms with Crippen molar-refractivity contribution in [1.82, 2.24) is 5.32 Å². The standard InChI is InChI=1S/C19H17ClN2O3S/c1-11(23)22(10-12-6-4-3-5-7-12)19-15(18(25)21-2)13-8-9-14(24)16(20)17(13)26-19/h3-9,24H,10H2,1-2H3,(H,21,25). The SMILES string of the molecule is CNC(=O)c1c(N(Cc2ccccc2)C(C)=O)sc2c(Cl)c(O)ccc12. The average molecular weight is 389 g/mol. The second-order valence-corrected chi connectivity index (χ2v) is 7.10. The monoisotopic (exact) mass is 388 g/mol. The quantitative estimate of drug-likeness (QED) is 0.704. The van der Waals surface area contributed by atoms with Gasteiger partial charge in [0.25, 0.3) is 5.91 Å². The number of hydrogen-bond donors (Lipinski definition) is 2. The maximum Gasteiger partial charge on any atom is 0.254 e. The van der Waals surface area contributed by atoms with Crippen LogP contribution in [0.1, 0.15) is 22.8 Å². The molecule has 0 fully saturated rings. The summed E-state index contributed by atoms with van der Waals surface area (Å²) in [5.74, 6) is -0.564. The van der Waals surface area contributed by atoms with Crippen molar-refractivity contribution in [3.63, 3.8) is 0 Å². The Kier molecular flexibility index (Phi) is 5.15. The first-order chi connectivity index (χ1) is 12.4. The fraction of sp³-hybridized carbons (Fsp3) is 0.158. The van der Waals surface area contributed by atoms with Crippen molar-refractivity contribution < 1.29 is 14.7 Å². The highest BCUT2D eigenvalue weighted by molar-refractivity contribution is 7.24. The number of nitrogens with zero attached hydrogens (tertiary/aromatic N) is 1. The fourth-order valence-corrected chi connectivity index (χ4v) is 4.29. The van der Waals surface area contributed by atoms with E-state index in [1.54, 1.807) is 11.0 Å². The predicted molar refractivity (Wildman–Crippen MR) is 105 cm³/mol. The van der Waals surface area contributed by atoms with Crippen molar-refractivity contribution in [3.05, 3.63) is 58.6 Å².